The molecule has 2 fully saturated rings. The van der Waals surface area contributed by atoms with Crippen molar-refractivity contribution in [2.24, 2.45) is 0 Å². The topological polar surface area (TPSA) is 88.2 Å². The Balaban J connectivity index is 1.23. The minimum Gasteiger partial charge on any atom is -0.486 e. The van der Waals surface area contributed by atoms with Gasteiger partial charge >= 0.3 is 6.03 Å². The van der Waals surface area contributed by atoms with E-state index >= 15 is 0 Å². The molecule has 0 bridgehead atoms. The number of hydrogen-bond donors (Lipinski definition) is 1. The molecular formula is C21H27N3O5. The highest BCUT2D eigenvalue weighted by molar-refractivity contribution is 6.07. The molecule has 4 rings (SSSR count). The first-order chi connectivity index (χ1) is 14.0. The molecule has 1 atom stereocenters. The van der Waals surface area contributed by atoms with Gasteiger partial charge in [-0.15, -0.1) is 0 Å². The lowest BCUT2D eigenvalue weighted by molar-refractivity contribution is -0.133. The number of nitrogens with one attached hydrogen (secondary N) is 1. The lowest BCUT2D eigenvalue weighted by Crippen LogP contribution is -2.44. The molecule has 8 nitrogen and oxygen atoms in total. The Labute approximate surface area is 170 Å². The molecule has 3 aliphatic rings. The molecule has 1 saturated heterocycles. The van der Waals surface area contributed by atoms with Crippen molar-refractivity contribution in [1.82, 2.24) is 15.1 Å². The van der Waals surface area contributed by atoms with E-state index < -0.39 is 5.54 Å². The third kappa shape index (κ3) is 3.88. The summed E-state index contributed by atoms with van der Waals surface area (Å²) in [5.74, 6) is 1.22. The third-order valence-electron chi connectivity index (χ3n) is 5.95. The number of benzene rings is 1. The predicted octanol–water partition coefficient (Wildman–Crippen LogP) is 1.93. The maximum absolute atomic E-state index is 12.6. The number of carbonyl (C=O) groups excluding carboxylic acids is 3. The van der Waals surface area contributed by atoms with Gasteiger partial charge in [-0.05, 0) is 31.4 Å². The van der Waals surface area contributed by atoms with Gasteiger partial charge in [0.05, 0.1) is 6.54 Å². The van der Waals surface area contributed by atoms with Crippen LogP contribution >= 0.6 is 0 Å². The molecule has 0 unspecified atom stereocenters. The summed E-state index contributed by atoms with van der Waals surface area (Å²) in [6, 6.07) is 7.14. The summed E-state index contributed by atoms with van der Waals surface area (Å²) < 4.78 is 11.6. The molecule has 0 radical (unpaired) electrons. The van der Waals surface area contributed by atoms with E-state index in [0.717, 1.165) is 12.8 Å². The van der Waals surface area contributed by atoms with Crippen LogP contribution in [0.25, 0.3) is 0 Å². The van der Waals surface area contributed by atoms with Gasteiger partial charge in [-0.1, -0.05) is 25.0 Å². The van der Waals surface area contributed by atoms with Crippen molar-refractivity contribution < 1.29 is 23.9 Å². The Hall–Kier alpha value is -2.77. The van der Waals surface area contributed by atoms with Crippen LogP contribution in [0.3, 0.4) is 0 Å². The first-order valence-corrected chi connectivity index (χ1v) is 10.2. The molecule has 1 saturated carbocycles. The first-order valence-electron chi connectivity index (χ1n) is 10.2. The summed E-state index contributed by atoms with van der Waals surface area (Å²) in [6.07, 6.45) is 3.83. The quantitative estimate of drug-likeness (QED) is 0.736. The Kier molecular flexibility index (Phi) is 5.34. The maximum Gasteiger partial charge on any atom is 0.325 e. The third-order valence-corrected chi connectivity index (χ3v) is 5.95. The van der Waals surface area contributed by atoms with Crippen LogP contribution in [-0.4, -0.2) is 66.0 Å². The lowest BCUT2D eigenvalue weighted by atomic mass is 9.98. The van der Waals surface area contributed by atoms with Crippen LogP contribution in [0.5, 0.6) is 11.5 Å². The number of para-hydroxylation sites is 2. The molecule has 1 aromatic carbocycles. The van der Waals surface area contributed by atoms with E-state index in [-0.39, 0.29) is 36.9 Å². The minimum absolute atomic E-state index is 0.0462. The molecule has 29 heavy (non-hydrogen) atoms. The van der Waals surface area contributed by atoms with Crippen LogP contribution in [0.1, 0.15) is 38.5 Å². The molecule has 1 aliphatic carbocycles. The van der Waals surface area contributed by atoms with E-state index in [1.807, 2.05) is 24.3 Å². The molecule has 0 aromatic heterocycles. The van der Waals surface area contributed by atoms with Gasteiger partial charge in [0.15, 0.2) is 17.6 Å². The SMILES string of the molecule is CN(C[C@@H]1COc2ccccc2O1)C(=O)CCCN1C(=O)NC2(CCCC2)C1=O. The maximum atomic E-state index is 12.6. The largest absolute Gasteiger partial charge is 0.486 e. The monoisotopic (exact) mass is 401 g/mol. The second kappa shape index (κ2) is 7.93. The first kappa shape index (κ1) is 19.5. The van der Waals surface area contributed by atoms with Gasteiger partial charge in [0.25, 0.3) is 5.91 Å². The van der Waals surface area contributed by atoms with E-state index in [9.17, 15) is 14.4 Å². The zero-order chi connectivity index (χ0) is 20.4. The molecule has 156 valence electrons. The van der Waals surface area contributed by atoms with Crippen molar-refractivity contribution >= 4 is 17.8 Å². The average Bonchev–Trinajstić information content (AvgIpc) is 3.28. The van der Waals surface area contributed by atoms with Gasteiger partial charge < -0.3 is 19.7 Å². The van der Waals surface area contributed by atoms with Crippen LogP contribution in [0.15, 0.2) is 24.3 Å². The van der Waals surface area contributed by atoms with Crippen LogP contribution in [0, 0.1) is 0 Å². The summed E-state index contributed by atoms with van der Waals surface area (Å²) in [6.45, 7) is 1.07. The van der Waals surface area contributed by atoms with E-state index in [1.54, 1.807) is 11.9 Å². The number of imide groups is 1. The smallest absolute Gasteiger partial charge is 0.325 e. The summed E-state index contributed by atoms with van der Waals surface area (Å²) in [5.41, 5.74) is -0.688. The van der Waals surface area contributed by atoms with E-state index in [4.69, 9.17) is 9.47 Å². The molecule has 4 amide bonds. The number of ether oxygens (including phenoxy) is 2. The lowest BCUT2D eigenvalue weighted by Gasteiger charge is -2.29. The van der Waals surface area contributed by atoms with Crippen molar-refractivity contribution in [2.75, 3.05) is 26.7 Å². The molecular weight excluding hydrogens is 374 g/mol. The number of urea groups is 1. The highest BCUT2D eigenvalue weighted by Gasteiger charge is 2.52. The van der Waals surface area contributed by atoms with Gasteiger partial charge in [-0.25, -0.2) is 4.79 Å². The number of nitrogens with zero attached hydrogens (tertiary/aromatic N) is 2. The number of hydrogen-bond acceptors (Lipinski definition) is 5. The van der Waals surface area contributed by atoms with Crippen molar-refractivity contribution in [3.05, 3.63) is 24.3 Å². The van der Waals surface area contributed by atoms with Gasteiger partial charge in [0, 0.05) is 20.0 Å². The molecule has 1 aromatic rings. The summed E-state index contributed by atoms with van der Waals surface area (Å²) >= 11 is 0. The minimum atomic E-state index is -0.688. The standard InChI is InChI=1S/C21H27N3O5/c1-23(13-15-14-28-16-7-2-3-8-17(16)29-15)18(25)9-6-12-24-19(26)21(22-20(24)27)10-4-5-11-21/h2-3,7-8,15H,4-6,9-14H2,1H3,(H,22,27)/t15-/m1/s1. The second-order valence-electron chi connectivity index (χ2n) is 8.05. The summed E-state index contributed by atoms with van der Waals surface area (Å²) in [5, 5.41) is 2.86. The van der Waals surface area contributed by atoms with Gasteiger partial charge in [0.1, 0.15) is 12.1 Å². The second-order valence-corrected chi connectivity index (χ2v) is 8.05. The highest BCUT2D eigenvalue weighted by Crippen LogP contribution is 2.35. The number of amides is 4. The molecule has 8 heteroatoms. The zero-order valence-electron chi connectivity index (χ0n) is 16.7. The molecule has 2 heterocycles. The fraction of sp³-hybridized carbons (Fsp3) is 0.571. The van der Waals surface area contributed by atoms with Gasteiger partial charge in [-0.2, -0.15) is 0 Å². The van der Waals surface area contributed by atoms with Crippen molar-refractivity contribution in [2.45, 2.75) is 50.2 Å². The fourth-order valence-corrected chi connectivity index (χ4v) is 4.34. The van der Waals surface area contributed by atoms with Crippen LogP contribution in [0.2, 0.25) is 0 Å². The zero-order valence-corrected chi connectivity index (χ0v) is 16.7. The summed E-state index contributed by atoms with van der Waals surface area (Å²) in [7, 11) is 1.73. The van der Waals surface area contributed by atoms with E-state index in [2.05, 4.69) is 5.32 Å². The number of rotatable bonds is 6. The highest BCUT2D eigenvalue weighted by atomic mass is 16.6. The number of likely N-dealkylation sites (N-methyl/N-ethyl adjacent to an activating group) is 1. The van der Waals surface area contributed by atoms with Crippen molar-refractivity contribution in [3.8, 4) is 11.5 Å². The average molecular weight is 401 g/mol. The van der Waals surface area contributed by atoms with Crippen LogP contribution in [0.4, 0.5) is 4.79 Å². The molecule has 1 N–H and O–H groups in total. The van der Waals surface area contributed by atoms with E-state index in [1.165, 1.54) is 4.90 Å². The molecule has 2 aliphatic heterocycles. The Bertz CT molecular complexity index is 805. The normalized spacial score (nSPS) is 22.1. The summed E-state index contributed by atoms with van der Waals surface area (Å²) in [4.78, 5) is 40.2. The van der Waals surface area contributed by atoms with Gasteiger partial charge in [0.2, 0.25) is 5.91 Å². The van der Waals surface area contributed by atoms with Crippen LogP contribution in [-0.2, 0) is 9.59 Å². The van der Waals surface area contributed by atoms with Gasteiger partial charge in [-0.3, -0.25) is 14.5 Å². The van der Waals surface area contributed by atoms with Crippen molar-refractivity contribution in [1.29, 1.82) is 0 Å². The number of fused-ring (bicyclic) bond motifs is 1. The Morgan fingerprint density at radius 3 is 2.72 bits per heavy atom. The van der Waals surface area contributed by atoms with E-state index in [0.29, 0.717) is 43.9 Å². The number of carbonyl (C=O) groups is 3. The molecule has 1 spiro atoms. The predicted molar refractivity (Wildman–Crippen MR) is 105 cm³/mol. The fourth-order valence-electron chi connectivity index (χ4n) is 4.34. The Morgan fingerprint density at radius 2 is 1.97 bits per heavy atom. The Morgan fingerprint density at radius 1 is 1.24 bits per heavy atom. The van der Waals surface area contributed by atoms with Crippen LogP contribution < -0.4 is 14.8 Å². The van der Waals surface area contributed by atoms with Crippen molar-refractivity contribution in [3.63, 3.8) is 0 Å².